The van der Waals surface area contributed by atoms with E-state index < -0.39 is 47.7 Å². The number of halogens is 1. The second-order valence-corrected chi connectivity index (χ2v) is 8.80. The van der Waals surface area contributed by atoms with Crippen molar-refractivity contribution in [1.29, 1.82) is 5.26 Å². The number of nitrogens with one attached hydrogen (secondary N) is 1. The summed E-state index contributed by atoms with van der Waals surface area (Å²) in [7, 11) is -4.58. The Balaban J connectivity index is 1.85. The van der Waals surface area contributed by atoms with Gasteiger partial charge in [-0.15, -0.1) is 0 Å². The van der Waals surface area contributed by atoms with Crippen LogP contribution >= 0.6 is 11.6 Å². The number of anilines is 1. The third kappa shape index (κ3) is 6.00. The molecule has 0 aliphatic rings. The van der Waals surface area contributed by atoms with E-state index in [0.29, 0.717) is 0 Å². The lowest BCUT2D eigenvalue weighted by Crippen LogP contribution is -2.13. The van der Waals surface area contributed by atoms with Crippen LogP contribution < -0.4 is 9.50 Å². The molecule has 0 aromatic heterocycles. The largest absolute Gasteiger partial charge is 0.379 e. The maximum absolute atomic E-state index is 12.6. The van der Waals surface area contributed by atoms with Gasteiger partial charge in [-0.25, -0.2) is 0 Å². The molecule has 1 amide bonds. The van der Waals surface area contributed by atoms with Gasteiger partial charge in [-0.2, -0.15) is 13.7 Å². The average molecular weight is 529 g/mol. The molecule has 0 atom stereocenters. The van der Waals surface area contributed by atoms with Crippen LogP contribution in [0.1, 0.15) is 5.56 Å². The van der Waals surface area contributed by atoms with Crippen LogP contribution in [0.3, 0.4) is 0 Å². The topological polar surface area (TPSA) is 183 Å². The summed E-state index contributed by atoms with van der Waals surface area (Å²) in [5.74, 6) is -1.12. The molecule has 182 valence electrons. The van der Waals surface area contributed by atoms with E-state index in [0.717, 1.165) is 24.3 Å². The molecule has 0 fully saturated rings. The van der Waals surface area contributed by atoms with Crippen LogP contribution in [0.5, 0.6) is 5.75 Å². The van der Waals surface area contributed by atoms with E-state index in [1.807, 2.05) is 0 Å². The SMILES string of the molecule is N#C/C(=C\c1cccc(OS(=O)(=O)c2ccccc2[N+](=O)[O-])c1)C(=O)Nc1ccc(Cl)c([N+](=O)[O-])c1. The zero-order valence-corrected chi connectivity index (χ0v) is 19.4. The number of hydrogen-bond acceptors (Lipinski definition) is 9. The van der Waals surface area contributed by atoms with Gasteiger partial charge in [0.2, 0.25) is 0 Å². The first-order valence-electron chi connectivity index (χ1n) is 9.67. The second-order valence-electron chi connectivity index (χ2n) is 6.88. The predicted octanol–water partition coefficient (Wildman–Crippen LogP) is 4.47. The first-order valence-corrected chi connectivity index (χ1v) is 11.5. The van der Waals surface area contributed by atoms with Gasteiger partial charge in [0, 0.05) is 17.8 Å². The van der Waals surface area contributed by atoms with Crippen molar-refractivity contribution in [2.45, 2.75) is 4.90 Å². The van der Waals surface area contributed by atoms with Crippen LogP contribution in [-0.2, 0) is 14.9 Å². The molecule has 3 aromatic carbocycles. The quantitative estimate of drug-likeness (QED) is 0.145. The molecule has 1 N–H and O–H groups in total. The van der Waals surface area contributed by atoms with Crippen molar-refractivity contribution < 1.29 is 27.2 Å². The molecule has 0 aliphatic heterocycles. The first kappa shape index (κ1) is 25.8. The molecular weight excluding hydrogens is 516 g/mol. The standard InChI is InChI=1S/C22H13ClN4O8S/c23-18-9-8-16(12-20(18)27(31)32)25-22(28)15(13-24)10-14-4-3-5-17(11-14)35-36(33,34)21-7-2-1-6-19(21)26(29)30/h1-12H,(H,25,28)/b15-10+. The van der Waals surface area contributed by atoms with Crippen molar-refractivity contribution >= 4 is 50.8 Å². The van der Waals surface area contributed by atoms with Gasteiger partial charge in [0.1, 0.15) is 22.4 Å². The molecule has 3 rings (SSSR count). The fourth-order valence-electron chi connectivity index (χ4n) is 2.89. The third-order valence-corrected chi connectivity index (χ3v) is 6.09. The van der Waals surface area contributed by atoms with Crippen molar-refractivity contribution in [1.82, 2.24) is 0 Å². The highest BCUT2D eigenvalue weighted by Gasteiger charge is 2.27. The Morgan fingerprint density at radius 1 is 1.00 bits per heavy atom. The Hall–Kier alpha value is -4.80. The molecule has 3 aromatic rings. The van der Waals surface area contributed by atoms with Crippen LogP contribution in [0.25, 0.3) is 6.08 Å². The molecular formula is C22H13ClN4O8S. The van der Waals surface area contributed by atoms with Crippen molar-refractivity contribution in [3.63, 3.8) is 0 Å². The van der Waals surface area contributed by atoms with E-state index in [2.05, 4.69) is 5.32 Å². The summed E-state index contributed by atoms with van der Waals surface area (Å²) in [5.41, 5.74) is -1.31. The Kier molecular flexibility index (Phi) is 7.63. The van der Waals surface area contributed by atoms with Gasteiger partial charge in [-0.05, 0) is 42.0 Å². The number of hydrogen-bond donors (Lipinski definition) is 1. The number of nitro benzene ring substituents is 2. The zero-order chi connectivity index (χ0) is 26.5. The number of benzene rings is 3. The maximum Gasteiger partial charge on any atom is 0.346 e. The zero-order valence-electron chi connectivity index (χ0n) is 17.8. The Morgan fingerprint density at radius 2 is 1.69 bits per heavy atom. The minimum Gasteiger partial charge on any atom is -0.379 e. The first-order chi connectivity index (χ1) is 17.0. The van der Waals surface area contributed by atoms with Gasteiger partial charge in [0.05, 0.1) is 9.85 Å². The van der Waals surface area contributed by atoms with Gasteiger partial charge in [0.25, 0.3) is 17.3 Å². The molecule has 0 saturated heterocycles. The normalized spacial score (nSPS) is 11.3. The maximum atomic E-state index is 12.6. The molecule has 0 unspecified atom stereocenters. The summed E-state index contributed by atoms with van der Waals surface area (Å²) in [6.45, 7) is 0. The summed E-state index contributed by atoms with van der Waals surface area (Å²) < 4.78 is 30.2. The number of carbonyl (C=O) groups excluding carboxylic acids is 1. The minimum atomic E-state index is -4.58. The van der Waals surface area contributed by atoms with Crippen molar-refractivity contribution in [2.75, 3.05) is 5.32 Å². The molecule has 14 heteroatoms. The molecule has 0 aliphatic carbocycles. The minimum absolute atomic E-state index is 0.0184. The smallest absolute Gasteiger partial charge is 0.346 e. The van der Waals surface area contributed by atoms with Gasteiger partial charge in [-0.1, -0.05) is 35.9 Å². The third-order valence-electron chi connectivity index (χ3n) is 4.47. The Morgan fingerprint density at radius 3 is 2.36 bits per heavy atom. The van der Waals surface area contributed by atoms with Gasteiger partial charge in [-0.3, -0.25) is 25.0 Å². The van der Waals surface area contributed by atoms with E-state index in [1.165, 1.54) is 48.5 Å². The number of rotatable bonds is 8. The lowest BCUT2D eigenvalue weighted by atomic mass is 10.1. The number of nitro groups is 2. The Bertz CT molecular complexity index is 1560. The molecule has 0 bridgehead atoms. The summed E-state index contributed by atoms with van der Waals surface area (Å²) >= 11 is 5.74. The van der Waals surface area contributed by atoms with Gasteiger partial charge >= 0.3 is 10.1 Å². The van der Waals surface area contributed by atoms with Crippen molar-refractivity contribution in [2.24, 2.45) is 0 Å². The highest BCUT2D eigenvalue weighted by atomic mass is 35.5. The van der Waals surface area contributed by atoms with E-state index in [-0.39, 0.29) is 22.0 Å². The van der Waals surface area contributed by atoms with E-state index in [9.17, 15) is 38.7 Å². The van der Waals surface area contributed by atoms with Crippen LogP contribution in [0.15, 0.2) is 77.2 Å². The summed E-state index contributed by atoms with van der Waals surface area (Å²) in [6, 6.07) is 15.2. The fraction of sp³-hybridized carbons (Fsp3) is 0. The highest BCUT2D eigenvalue weighted by molar-refractivity contribution is 7.87. The number of carbonyl (C=O) groups is 1. The molecule has 0 spiro atoms. The van der Waals surface area contributed by atoms with E-state index >= 15 is 0 Å². The van der Waals surface area contributed by atoms with Crippen LogP contribution in [0, 0.1) is 31.6 Å². The second kappa shape index (κ2) is 10.6. The molecule has 0 heterocycles. The number of amides is 1. The fourth-order valence-corrected chi connectivity index (χ4v) is 4.17. The van der Waals surface area contributed by atoms with Crippen LogP contribution in [0.4, 0.5) is 17.1 Å². The van der Waals surface area contributed by atoms with Crippen LogP contribution in [0.2, 0.25) is 5.02 Å². The Labute approximate surface area is 208 Å². The lowest BCUT2D eigenvalue weighted by molar-refractivity contribution is -0.387. The number of para-hydroxylation sites is 1. The van der Waals surface area contributed by atoms with E-state index in [4.69, 9.17) is 15.8 Å². The number of nitrogens with zero attached hydrogens (tertiary/aromatic N) is 3. The monoisotopic (exact) mass is 528 g/mol. The number of nitriles is 1. The van der Waals surface area contributed by atoms with Gasteiger partial charge < -0.3 is 9.50 Å². The molecule has 36 heavy (non-hydrogen) atoms. The van der Waals surface area contributed by atoms with Crippen molar-refractivity contribution in [3.05, 3.63) is 103 Å². The van der Waals surface area contributed by atoms with E-state index in [1.54, 1.807) is 6.07 Å². The highest BCUT2D eigenvalue weighted by Crippen LogP contribution is 2.29. The summed E-state index contributed by atoms with van der Waals surface area (Å²) in [6.07, 6.45) is 1.13. The average Bonchev–Trinajstić information content (AvgIpc) is 2.83. The van der Waals surface area contributed by atoms with Crippen LogP contribution in [-0.4, -0.2) is 24.2 Å². The molecule has 0 saturated carbocycles. The van der Waals surface area contributed by atoms with Gasteiger partial charge in [0.15, 0.2) is 4.90 Å². The molecule has 0 radical (unpaired) electrons. The van der Waals surface area contributed by atoms with Crippen molar-refractivity contribution in [3.8, 4) is 11.8 Å². The predicted molar refractivity (Wildman–Crippen MR) is 128 cm³/mol. The summed E-state index contributed by atoms with van der Waals surface area (Å²) in [5, 5.41) is 33.8. The molecule has 12 nitrogen and oxygen atoms in total. The summed E-state index contributed by atoms with van der Waals surface area (Å²) in [4.78, 5) is 32.5. The lowest BCUT2D eigenvalue weighted by Gasteiger charge is -2.08.